The third-order valence-corrected chi connectivity index (χ3v) is 6.65. The molecule has 1 atom stereocenters. The number of nitrogens with zero attached hydrogens (tertiary/aromatic N) is 1. The van der Waals surface area contributed by atoms with Gasteiger partial charge in [0.1, 0.15) is 23.1 Å². The molecule has 1 unspecified atom stereocenters. The lowest BCUT2D eigenvalue weighted by Gasteiger charge is -2.29. The van der Waals surface area contributed by atoms with Gasteiger partial charge in [0, 0.05) is 29.7 Å². The molecule has 0 spiro atoms. The monoisotopic (exact) mass is 485 g/mol. The molecule has 2 heterocycles. The van der Waals surface area contributed by atoms with Crippen molar-refractivity contribution in [2.24, 2.45) is 0 Å². The van der Waals surface area contributed by atoms with Crippen molar-refractivity contribution in [2.75, 3.05) is 30.8 Å². The molecule has 1 saturated heterocycles. The maximum absolute atomic E-state index is 12.7. The fourth-order valence-electron chi connectivity index (χ4n) is 4.55. The smallest absolute Gasteiger partial charge is 0.359 e. The Morgan fingerprint density at radius 3 is 2.39 bits per heavy atom. The predicted octanol–water partition coefficient (Wildman–Crippen LogP) is 5.04. The first-order valence-corrected chi connectivity index (χ1v) is 12.3. The highest BCUT2D eigenvalue weighted by molar-refractivity contribution is 5.84. The predicted molar refractivity (Wildman–Crippen MR) is 143 cm³/mol. The number of aryl methyl sites for hydroxylation is 1. The third-order valence-electron chi connectivity index (χ3n) is 6.65. The number of ether oxygens (including phenoxy) is 1. The summed E-state index contributed by atoms with van der Waals surface area (Å²) >= 11 is 0. The van der Waals surface area contributed by atoms with Crippen LogP contribution in [0.1, 0.15) is 18.4 Å². The van der Waals surface area contributed by atoms with Gasteiger partial charge in [-0.2, -0.15) is 0 Å². The van der Waals surface area contributed by atoms with Crippen LogP contribution in [0.4, 0.5) is 11.4 Å². The normalized spacial score (nSPS) is 15.5. The van der Waals surface area contributed by atoms with Gasteiger partial charge in [-0.15, -0.1) is 0 Å². The molecule has 7 nitrogen and oxygen atoms in total. The second-order valence-electron chi connectivity index (χ2n) is 9.31. The maximum atomic E-state index is 12.7. The van der Waals surface area contributed by atoms with E-state index < -0.39 is 12.0 Å². The van der Waals surface area contributed by atoms with Crippen molar-refractivity contribution in [1.82, 2.24) is 4.90 Å². The summed E-state index contributed by atoms with van der Waals surface area (Å²) in [6, 6.07) is 23.3. The molecular weight excluding hydrogens is 454 g/mol. The van der Waals surface area contributed by atoms with Crippen LogP contribution in [0.15, 0.2) is 82.0 Å². The molecular formula is C29H31N3O4. The molecule has 1 aromatic heterocycles. The molecule has 7 heteroatoms. The van der Waals surface area contributed by atoms with Gasteiger partial charge in [0.25, 0.3) is 0 Å². The SMILES string of the molecule is Cc1c(OC2CCN(C)CC2)ccc2cc(NC(O)Nc3ccc(-c4ccccc4)cc3)c(=O)oc12. The Kier molecular flexibility index (Phi) is 6.93. The minimum absolute atomic E-state index is 0.160. The van der Waals surface area contributed by atoms with Crippen molar-refractivity contribution in [3.63, 3.8) is 0 Å². The summed E-state index contributed by atoms with van der Waals surface area (Å²) in [5.41, 5.74) is 3.82. The Morgan fingerprint density at radius 2 is 1.67 bits per heavy atom. The Hall–Kier alpha value is -3.81. The Balaban J connectivity index is 1.27. The molecule has 0 aliphatic carbocycles. The molecule has 1 aliphatic heterocycles. The standard InChI is InChI=1S/C29H31N3O4/c1-19-26(35-24-14-16-32(2)17-15-24)13-10-22-18-25(28(33)36-27(19)22)31-29(34)30-23-11-8-21(9-12-23)20-6-4-3-5-7-20/h3-13,18,24,29-31,34H,14-17H2,1-2H3. The quantitative estimate of drug-likeness (QED) is 0.250. The van der Waals surface area contributed by atoms with Gasteiger partial charge < -0.3 is 29.8 Å². The number of hydrogen-bond acceptors (Lipinski definition) is 7. The number of rotatable bonds is 7. The van der Waals surface area contributed by atoms with E-state index in [9.17, 15) is 9.90 Å². The van der Waals surface area contributed by atoms with Crippen molar-refractivity contribution in [2.45, 2.75) is 32.2 Å². The second kappa shape index (κ2) is 10.4. The molecule has 36 heavy (non-hydrogen) atoms. The van der Waals surface area contributed by atoms with Crippen LogP contribution >= 0.6 is 0 Å². The van der Waals surface area contributed by atoms with E-state index in [1.807, 2.05) is 73.7 Å². The molecule has 4 aromatic rings. The highest BCUT2D eigenvalue weighted by Crippen LogP contribution is 2.30. The van der Waals surface area contributed by atoms with Gasteiger partial charge in [0.2, 0.25) is 6.35 Å². The first-order valence-electron chi connectivity index (χ1n) is 12.3. The summed E-state index contributed by atoms with van der Waals surface area (Å²) in [4.78, 5) is 15.0. The summed E-state index contributed by atoms with van der Waals surface area (Å²) in [5.74, 6) is 0.738. The molecule has 3 N–H and O–H groups in total. The van der Waals surface area contributed by atoms with Crippen LogP contribution in [-0.4, -0.2) is 42.6 Å². The largest absolute Gasteiger partial charge is 0.490 e. The van der Waals surface area contributed by atoms with Crippen LogP contribution in [0.25, 0.3) is 22.1 Å². The lowest BCUT2D eigenvalue weighted by atomic mass is 10.1. The average Bonchev–Trinajstić information content (AvgIpc) is 2.89. The molecule has 1 fully saturated rings. The van der Waals surface area contributed by atoms with Crippen molar-refractivity contribution in [3.05, 3.63) is 88.8 Å². The van der Waals surface area contributed by atoms with Crippen LogP contribution in [0.5, 0.6) is 5.75 Å². The Morgan fingerprint density at radius 1 is 0.972 bits per heavy atom. The Labute approximate surface area is 210 Å². The van der Waals surface area contributed by atoms with Gasteiger partial charge in [0.05, 0.1) is 0 Å². The highest BCUT2D eigenvalue weighted by Gasteiger charge is 2.20. The fraction of sp³-hybridized carbons (Fsp3) is 0.276. The van der Waals surface area contributed by atoms with Crippen molar-refractivity contribution in [1.29, 1.82) is 0 Å². The Bertz CT molecular complexity index is 1380. The number of piperidine rings is 1. The molecule has 0 radical (unpaired) electrons. The molecule has 1 aliphatic rings. The number of aliphatic hydroxyl groups excluding tert-OH is 1. The lowest BCUT2D eigenvalue weighted by Crippen LogP contribution is -2.35. The molecule has 0 bridgehead atoms. The van der Waals surface area contributed by atoms with Crippen LogP contribution in [0.3, 0.4) is 0 Å². The van der Waals surface area contributed by atoms with Gasteiger partial charge >= 0.3 is 5.63 Å². The molecule has 186 valence electrons. The van der Waals surface area contributed by atoms with Crippen LogP contribution in [-0.2, 0) is 0 Å². The van der Waals surface area contributed by atoms with E-state index in [-0.39, 0.29) is 11.8 Å². The summed E-state index contributed by atoms with van der Waals surface area (Å²) in [7, 11) is 2.12. The fourth-order valence-corrected chi connectivity index (χ4v) is 4.55. The first-order chi connectivity index (χ1) is 17.5. The zero-order chi connectivity index (χ0) is 25.1. The van der Waals surface area contributed by atoms with Gasteiger partial charge in [-0.25, -0.2) is 4.79 Å². The van der Waals surface area contributed by atoms with Crippen molar-refractivity contribution in [3.8, 4) is 16.9 Å². The van der Waals surface area contributed by atoms with E-state index in [4.69, 9.17) is 9.15 Å². The maximum Gasteiger partial charge on any atom is 0.359 e. The molecule has 3 aromatic carbocycles. The van der Waals surface area contributed by atoms with E-state index in [0.29, 0.717) is 11.3 Å². The van der Waals surface area contributed by atoms with Crippen LogP contribution in [0, 0.1) is 6.92 Å². The third kappa shape index (κ3) is 5.37. The van der Waals surface area contributed by atoms with Gasteiger partial charge in [-0.3, -0.25) is 0 Å². The second-order valence-corrected chi connectivity index (χ2v) is 9.31. The zero-order valence-electron chi connectivity index (χ0n) is 20.5. The number of hydrogen-bond donors (Lipinski definition) is 3. The number of fused-ring (bicyclic) bond motifs is 1. The zero-order valence-corrected chi connectivity index (χ0v) is 20.5. The van der Waals surface area contributed by atoms with Gasteiger partial charge in [0.15, 0.2) is 0 Å². The van der Waals surface area contributed by atoms with E-state index >= 15 is 0 Å². The average molecular weight is 486 g/mol. The summed E-state index contributed by atoms with van der Waals surface area (Å²) < 4.78 is 11.9. The number of aliphatic hydroxyl groups is 1. The van der Waals surface area contributed by atoms with Crippen molar-refractivity contribution < 1.29 is 14.3 Å². The number of anilines is 2. The highest BCUT2D eigenvalue weighted by atomic mass is 16.5. The van der Waals surface area contributed by atoms with Crippen LogP contribution in [0.2, 0.25) is 0 Å². The topological polar surface area (TPSA) is 87.0 Å². The minimum Gasteiger partial charge on any atom is -0.490 e. The lowest BCUT2D eigenvalue weighted by molar-refractivity contribution is 0.113. The van der Waals surface area contributed by atoms with Gasteiger partial charge in [-0.1, -0.05) is 42.5 Å². The van der Waals surface area contributed by atoms with Crippen molar-refractivity contribution >= 4 is 22.3 Å². The number of benzene rings is 3. The summed E-state index contributed by atoms with van der Waals surface area (Å²) in [5, 5.41) is 17.0. The van der Waals surface area contributed by atoms with E-state index in [1.54, 1.807) is 6.07 Å². The summed E-state index contributed by atoms with van der Waals surface area (Å²) in [6.45, 7) is 3.92. The van der Waals surface area contributed by atoms with E-state index in [1.165, 1.54) is 0 Å². The molecule has 0 amide bonds. The van der Waals surface area contributed by atoms with Gasteiger partial charge in [-0.05, 0) is 68.3 Å². The summed E-state index contributed by atoms with van der Waals surface area (Å²) in [6.07, 6.45) is 0.926. The molecule has 0 saturated carbocycles. The minimum atomic E-state index is -1.18. The van der Waals surface area contributed by atoms with E-state index in [0.717, 1.165) is 53.8 Å². The first kappa shape index (κ1) is 23.9. The number of likely N-dealkylation sites (tertiary alicyclic amines) is 1. The number of nitrogens with one attached hydrogen (secondary N) is 2. The van der Waals surface area contributed by atoms with E-state index in [2.05, 4.69) is 22.6 Å². The van der Waals surface area contributed by atoms with Crippen LogP contribution < -0.4 is 21.0 Å². The molecule has 5 rings (SSSR count).